The molecule has 1 fully saturated rings. The van der Waals surface area contributed by atoms with Crippen LogP contribution >= 0.6 is 0 Å². The molecule has 1 aromatic carbocycles. The van der Waals surface area contributed by atoms with Crippen LogP contribution < -0.4 is 10.5 Å². The van der Waals surface area contributed by atoms with Crippen LogP contribution in [0.1, 0.15) is 44.2 Å². The first-order valence-electron chi connectivity index (χ1n) is 10.6. The zero-order chi connectivity index (χ0) is 22.5. The number of methoxy groups -OCH3 is 2. The summed E-state index contributed by atoms with van der Waals surface area (Å²) < 4.78 is 12.5. The van der Waals surface area contributed by atoms with E-state index in [2.05, 4.69) is 52.7 Å². The van der Waals surface area contributed by atoms with Crippen molar-refractivity contribution in [1.82, 2.24) is 9.47 Å². The third kappa shape index (κ3) is 7.97. The fraction of sp³-hybridized carbons (Fsp3) is 0.609. The molecule has 0 saturated heterocycles. The second kappa shape index (κ2) is 14.0. The minimum atomic E-state index is -0.250. The van der Waals surface area contributed by atoms with Gasteiger partial charge in [-0.1, -0.05) is 0 Å². The quantitative estimate of drug-likeness (QED) is 0.693. The average molecular weight is 422 g/mol. The van der Waals surface area contributed by atoms with Crippen LogP contribution in [-0.2, 0) is 16.0 Å². The standard InChI is InChI=1S/C19H29N3O.C3H8O.CH2O2/c1-21(2)11-10-14-13-22(16-6-4-15(20)5-7-16)19-12-17(23-3)8-9-18(14)19;1-3-4-2;2-1-3/h8-9,12-13,15-16H,4-7,10-11,20H2,1-3H3;3H2,1-2H3;1H,(H,2,3). The Labute approximate surface area is 180 Å². The van der Waals surface area contributed by atoms with Crippen LogP contribution in [0.15, 0.2) is 24.4 Å². The number of aromatic nitrogens is 1. The highest BCUT2D eigenvalue weighted by molar-refractivity contribution is 5.85. The van der Waals surface area contributed by atoms with Gasteiger partial charge in [-0.3, -0.25) is 4.79 Å². The van der Waals surface area contributed by atoms with Gasteiger partial charge in [0.1, 0.15) is 5.75 Å². The number of nitrogens with zero attached hydrogens (tertiary/aromatic N) is 2. The van der Waals surface area contributed by atoms with Gasteiger partial charge in [-0.15, -0.1) is 0 Å². The van der Waals surface area contributed by atoms with E-state index < -0.39 is 0 Å². The lowest BCUT2D eigenvalue weighted by molar-refractivity contribution is -0.122. The Morgan fingerprint density at radius 3 is 2.33 bits per heavy atom. The average Bonchev–Trinajstić information content (AvgIpc) is 3.11. The number of nitrogens with two attached hydrogens (primary N) is 1. The van der Waals surface area contributed by atoms with Crippen molar-refractivity contribution in [2.24, 2.45) is 5.73 Å². The van der Waals surface area contributed by atoms with Crippen molar-refractivity contribution in [3.63, 3.8) is 0 Å². The maximum Gasteiger partial charge on any atom is 0.290 e. The molecule has 0 bridgehead atoms. The van der Waals surface area contributed by atoms with E-state index in [9.17, 15) is 0 Å². The van der Waals surface area contributed by atoms with Gasteiger partial charge >= 0.3 is 0 Å². The molecule has 0 amide bonds. The fourth-order valence-corrected chi connectivity index (χ4v) is 3.66. The Morgan fingerprint density at radius 1 is 1.23 bits per heavy atom. The van der Waals surface area contributed by atoms with Gasteiger partial charge in [0.05, 0.1) is 12.6 Å². The molecular weight excluding hydrogens is 382 g/mol. The summed E-state index contributed by atoms with van der Waals surface area (Å²) in [5.41, 5.74) is 8.83. The van der Waals surface area contributed by atoms with Gasteiger partial charge in [0.2, 0.25) is 0 Å². The number of rotatable bonds is 6. The molecule has 3 rings (SSSR count). The molecule has 0 spiro atoms. The molecule has 30 heavy (non-hydrogen) atoms. The number of likely N-dealkylation sites (N-methyl/N-ethyl adjacent to an activating group) is 1. The number of hydrogen-bond acceptors (Lipinski definition) is 5. The van der Waals surface area contributed by atoms with E-state index in [0.29, 0.717) is 12.1 Å². The summed E-state index contributed by atoms with van der Waals surface area (Å²) in [6, 6.07) is 7.42. The number of carboxylic acid groups (broad SMARTS) is 1. The molecule has 0 unspecified atom stereocenters. The summed E-state index contributed by atoms with van der Waals surface area (Å²) in [7, 11) is 7.68. The van der Waals surface area contributed by atoms with Gasteiger partial charge < -0.3 is 29.8 Å². The van der Waals surface area contributed by atoms with E-state index in [1.165, 1.54) is 29.3 Å². The third-order valence-corrected chi connectivity index (χ3v) is 5.38. The first kappa shape index (κ1) is 25.9. The zero-order valence-electron chi connectivity index (χ0n) is 19.1. The smallest absolute Gasteiger partial charge is 0.290 e. The Morgan fingerprint density at radius 2 is 1.83 bits per heavy atom. The van der Waals surface area contributed by atoms with E-state index in [1.807, 2.05) is 6.92 Å². The van der Waals surface area contributed by atoms with Crippen molar-refractivity contribution in [3.8, 4) is 5.75 Å². The van der Waals surface area contributed by atoms with Crippen LogP contribution in [-0.4, -0.2) is 68.6 Å². The maximum atomic E-state index is 8.36. The monoisotopic (exact) mass is 421 g/mol. The summed E-state index contributed by atoms with van der Waals surface area (Å²) in [5.74, 6) is 0.934. The maximum absolute atomic E-state index is 8.36. The first-order valence-corrected chi connectivity index (χ1v) is 10.6. The number of carbonyl (C=O) groups is 1. The van der Waals surface area contributed by atoms with Crippen molar-refractivity contribution in [2.45, 2.75) is 51.1 Å². The molecule has 1 aliphatic carbocycles. The Kier molecular flexibility index (Phi) is 12.1. The molecule has 1 aliphatic rings. The van der Waals surface area contributed by atoms with Gasteiger partial charge in [0.15, 0.2) is 0 Å². The largest absolute Gasteiger partial charge is 0.497 e. The zero-order valence-corrected chi connectivity index (χ0v) is 19.1. The Bertz CT molecular complexity index is 735. The topological polar surface area (TPSA) is 90.0 Å². The van der Waals surface area contributed by atoms with Crippen LogP contribution in [0.2, 0.25) is 0 Å². The lowest BCUT2D eigenvalue weighted by atomic mass is 9.91. The van der Waals surface area contributed by atoms with Crippen molar-refractivity contribution in [1.29, 1.82) is 0 Å². The van der Waals surface area contributed by atoms with Crippen LogP contribution in [0.3, 0.4) is 0 Å². The summed E-state index contributed by atoms with van der Waals surface area (Å²) in [5, 5.41) is 8.25. The second-order valence-electron chi connectivity index (χ2n) is 7.75. The highest BCUT2D eigenvalue weighted by atomic mass is 16.5. The second-order valence-corrected chi connectivity index (χ2v) is 7.75. The summed E-state index contributed by atoms with van der Waals surface area (Å²) in [4.78, 5) is 10.6. The number of hydrogen-bond donors (Lipinski definition) is 2. The molecule has 0 radical (unpaired) electrons. The molecule has 7 nitrogen and oxygen atoms in total. The van der Waals surface area contributed by atoms with Crippen LogP contribution in [0, 0.1) is 0 Å². The molecule has 1 saturated carbocycles. The predicted octanol–water partition coefficient (Wildman–Crippen LogP) is 3.55. The molecule has 0 atom stereocenters. The molecule has 2 aromatic rings. The molecule has 1 heterocycles. The molecule has 1 aromatic heterocycles. The van der Waals surface area contributed by atoms with Gasteiger partial charge in [-0.25, -0.2) is 0 Å². The summed E-state index contributed by atoms with van der Waals surface area (Å²) >= 11 is 0. The minimum Gasteiger partial charge on any atom is -0.497 e. The van der Waals surface area contributed by atoms with Crippen molar-refractivity contribution >= 4 is 17.4 Å². The minimum absolute atomic E-state index is 0.250. The van der Waals surface area contributed by atoms with Crippen molar-refractivity contribution in [2.75, 3.05) is 41.5 Å². The first-order chi connectivity index (χ1) is 14.4. The summed E-state index contributed by atoms with van der Waals surface area (Å²) in [6.45, 7) is 3.60. The highest BCUT2D eigenvalue weighted by Crippen LogP contribution is 2.34. The molecule has 170 valence electrons. The van der Waals surface area contributed by atoms with Gasteiger partial charge in [-0.2, -0.15) is 0 Å². The van der Waals surface area contributed by atoms with Gasteiger partial charge in [0, 0.05) is 50.0 Å². The van der Waals surface area contributed by atoms with E-state index in [-0.39, 0.29) is 6.47 Å². The molecule has 7 heteroatoms. The molecular formula is C23H39N3O4. The Hall–Kier alpha value is -2.09. The van der Waals surface area contributed by atoms with E-state index in [4.69, 9.17) is 20.4 Å². The normalized spacial score (nSPS) is 18.2. The third-order valence-electron chi connectivity index (χ3n) is 5.38. The van der Waals surface area contributed by atoms with E-state index in [1.54, 1.807) is 14.2 Å². The van der Waals surface area contributed by atoms with Gasteiger partial charge in [0.25, 0.3) is 6.47 Å². The highest BCUT2D eigenvalue weighted by Gasteiger charge is 2.22. The Balaban J connectivity index is 0.000000564. The number of benzene rings is 1. The SMILES string of the molecule is CCOC.COc1ccc2c(CCN(C)C)cn(C3CCC(N)CC3)c2c1.O=CO. The predicted molar refractivity (Wildman–Crippen MR) is 122 cm³/mol. The summed E-state index contributed by atoms with van der Waals surface area (Å²) in [6.07, 6.45) is 8.05. The van der Waals surface area contributed by atoms with Crippen molar-refractivity contribution < 1.29 is 19.4 Å². The lowest BCUT2D eigenvalue weighted by Crippen LogP contribution is -2.27. The van der Waals surface area contributed by atoms with Crippen molar-refractivity contribution in [3.05, 3.63) is 30.0 Å². The molecule has 0 aliphatic heterocycles. The van der Waals surface area contributed by atoms with Crippen LogP contribution in [0.4, 0.5) is 0 Å². The molecule has 3 N–H and O–H groups in total. The lowest BCUT2D eigenvalue weighted by Gasteiger charge is -2.28. The fourth-order valence-electron chi connectivity index (χ4n) is 3.66. The number of ether oxygens (including phenoxy) is 2. The van der Waals surface area contributed by atoms with E-state index in [0.717, 1.165) is 38.2 Å². The van der Waals surface area contributed by atoms with Crippen LogP contribution in [0.5, 0.6) is 5.75 Å². The number of fused-ring (bicyclic) bond motifs is 1. The van der Waals surface area contributed by atoms with Crippen LogP contribution in [0.25, 0.3) is 10.9 Å². The van der Waals surface area contributed by atoms with E-state index >= 15 is 0 Å². The van der Waals surface area contributed by atoms with Gasteiger partial charge in [-0.05, 0) is 70.8 Å².